The number of urea groups is 1. The van der Waals surface area contributed by atoms with Crippen LogP contribution in [0.4, 0.5) is 4.79 Å². The zero-order chi connectivity index (χ0) is 20.3. The smallest absolute Gasteiger partial charge is 0.331 e. The van der Waals surface area contributed by atoms with Gasteiger partial charge in [0.2, 0.25) is 0 Å². The fourth-order valence-corrected chi connectivity index (χ4v) is 3.48. The van der Waals surface area contributed by atoms with Gasteiger partial charge in [-0.15, -0.1) is 0 Å². The summed E-state index contributed by atoms with van der Waals surface area (Å²) in [5.41, 5.74) is 0.567. The Kier molecular flexibility index (Phi) is 6.02. The van der Waals surface area contributed by atoms with Crippen LogP contribution in [0.15, 0.2) is 23.8 Å². The number of rotatable bonds is 6. The van der Waals surface area contributed by atoms with Crippen molar-refractivity contribution >= 4 is 23.9 Å². The number of carbonyl (C=O) groups excluding carboxylic acids is 3. The first kappa shape index (κ1) is 19.9. The average Bonchev–Trinajstić information content (AvgIpc) is 3.17. The van der Waals surface area contributed by atoms with Crippen LogP contribution >= 0.6 is 0 Å². The summed E-state index contributed by atoms with van der Waals surface area (Å²) in [5.74, 6) is 0.264. The summed E-state index contributed by atoms with van der Waals surface area (Å²) in [7, 11) is 1.54. The number of barbiturate groups is 1. The van der Waals surface area contributed by atoms with Gasteiger partial charge in [-0.05, 0) is 42.5 Å². The Morgan fingerprint density at radius 3 is 2.54 bits per heavy atom. The van der Waals surface area contributed by atoms with Gasteiger partial charge in [-0.25, -0.2) is 4.79 Å². The second kappa shape index (κ2) is 8.46. The first-order valence-corrected chi connectivity index (χ1v) is 9.62. The number of methoxy groups -OCH3 is 1. The van der Waals surface area contributed by atoms with Gasteiger partial charge in [-0.3, -0.25) is 19.8 Å². The van der Waals surface area contributed by atoms with E-state index < -0.39 is 17.8 Å². The van der Waals surface area contributed by atoms with Gasteiger partial charge in [0.1, 0.15) is 5.57 Å². The maximum Gasteiger partial charge on any atom is 0.331 e. The van der Waals surface area contributed by atoms with Gasteiger partial charge in [-0.2, -0.15) is 0 Å². The van der Waals surface area contributed by atoms with Gasteiger partial charge >= 0.3 is 6.03 Å². The standard InChI is InChI=1S/C21H26N2O5/c1-13(2)12-28-17-9-8-14(11-18(17)27-3)10-16-19(24)22-21(26)23(20(16)25)15-6-4-5-7-15/h8-11,13,15H,4-7,12H2,1-3H3,(H,22,24,26)/b16-10-. The first-order valence-electron chi connectivity index (χ1n) is 9.62. The molecule has 7 nitrogen and oxygen atoms in total. The highest BCUT2D eigenvalue weighted by Crippen LogP contribution is 2.31. The second-order valence-electron chi connectivity index (χ2n) is 7.55. The molecule has 150 valence electrons. The van der Waals surface area contributed by atoms with E-state index in [1.807, 2.05) is 0 Å². The molecule has 2 aliphatic rings. The first-order chi connectivity index (χ1) is 13.4. The molecule has 1 heterocycles. The molecule has 0 aromatic heterocycles. The fraction of sp³-hybridized carbons (Fsp3) is 0.476. The van der Waals surface area contributed by atoms with Crippen LogP contribution < -0.4 is 14.8 Å². The number of carbonyl (C=O) groups is 3. The van der Waals surface area contributed by atoms with Crippen molar-refractivity contribution in [3.8, 4) is 11.5 Å². The number of nitrogens with one attached hydrogen (secondary N) is 1. The van der Waals surface area contributed by atoms with E-state index >= 15 is 0 Å². The zero-order valence-electron chi connectivity index (χ0n) is 16.5. The van der Waals surface area contributed by atoms with E-state index in [1.54, 1.807) is 18.2 Å². The zero-order valence-corrected chi connectivity index (χ0v) is 16.5. The highest BCUT2D eigenvalue weighted by Gasteiger charge is 2.40. The summed E-state index contributed by atoms with van der Waals surface area (Å²) in [6, 6.07) is 4.43. The summed E-state index contributed by atoms with van der Waals surface area (Å²) >= 11 is 0. The van der Waals surface area contributed by atoms with Crippen LogP contribution in [0, 0.1) is 5.92 Å². The highest BCUT2D eigenvalue weighted by atomic mass is 16.5. The average molecular weight is 386 g/mol. The maximum atomic E-state index is 12.9. The van der Waals surface area contributed by atoms with Crippen molar-refractivity contribution in [2.24, 2.45) is 5.92 Å². The van der Waals surface area contributed by atoms with Crippen LogP contribution in [0.5, 0.6) is 11.5 Å². The summed E-state index contributed by atoms with van der Waals surface area (Å²) in [6.45, 7) is 4.65. The largest absolute Gasteiger partial charge is 0.493 e. The Labute approximate surface area is 164 Å². The van der Waals surface area contributed by atoms with Crippen LogP contribution in [0.2, 0.25) is 0 Å². The van der Waals surface area contributed by atoms with Crippen molar-refractivity contribution in [3.63, 3.8) is 0 Å². The molecule has 1 aromatic carbocycles. The highest BCUT2D eigenvalue weighted by molar-refractivity contribution is 6.31. The molecule has 1 aliphatic heterocycles. The van der Waals surface area contributed by atoms with Gasteiger partial charge in [0.15, 0.2) is 11.5 Å². The lowest BCUT2D eigenvalue weighted by molar-refractivity contribution is -0.131. The molecule has 3 rings (SSSR count). The number of amides is 4. The molecule has 0 atom stereocenters. The molecule has 1 saturated heterocycles. The van der Waals surface area contributed by atoms with E-state index in [1.165, 1.54) is 18.1 Å². The van der Waals surface area contributed by atoms with Gasteiger partial charge in [0.05, 0.1) is 13.7 Å². The Hall–Kier alpha value is -2.83. The normalized spacial score (nSPS) is 19.5. The Bertz CT molecular complexity index is 809. The topological polar surface area (TPSA) is 84.9 Å². The molecule has 0 radical (unpaired) electrons. The fourth-order valence-electron chi connectivity index (χ4n) is 3.48. The van der Waals surface area contributed by atoms with E-state index in [9.17, 15) is 14.4 Å². The van der Waals surface area contributed by atoms with E-state index in [4.69, 9.17) is 9.47 Å². The quantitative estimate of drug-likeness (QED) is 0.600. The molecular weight excluding hydrogens is 360 g/mol. The van der Waals surface area contributed by atoms with Gasteiger partial charge < -0.3 is 9.47 Å². The summed E-state index contributed by atoms with van der Waals surface area (Å²) in [6.07, 6.45) is 4.99. The molecular formula is C21H26N2O5. The minimum Gasteiger partial charge on any atom is -0.493 e. The monoisotopic (exact) mass is 386 g/mol. The molecule has 1 aromatic rings. The number of ether oxygens (including phenoxy) is 2. The predicted octanol–water partition coefficient (Wildman–Crippen LogP) is 3.13. The van der Waals surface area contributed by atoms with E-state index in [0.717, 1.165) is 25.7 Å². The molecule has 0 bridgehead atoms. The molecule has 0 unspecified atom stereocenters. The molecule has 2 fully saturated rings. The van der Waals surface area contributed by atoms with Gasteiger partial charge in [0, 0.05) is 6.04 Å². The van der Waals surface area contributed by atoms with Crippen molar-refractivity contribution < 1.29 is 23.9 Å². The third-order valence-corrected chi connectivity index (χ3v) is 4.89. The molecule has 0 spiro atoms. The third kappa shape index (κ3) is 4.18. The van der Waals surface area contributed by atoms with Crippen molar-refractivity contribution in [1.29, 1.82) is 0 Å². The molecule has 28 heavy (non-hydrogen) atoms. The van der Waals surface area contributed by atoms with Crippen molar-refractivity contribution in [2.45, 2.75) is 45.6 Å². The van der Waals surface area contributed by atoms with E-state index in [-0.39, 0.29) is 11.6 Å². The number of hydrogen-bond acceptors (Lipinski definition) is 5. The lowest BCUT2D eigenvalue weighted by atomic mass is 10.0. The van der Waals surface area contributed by atoms with E-state index in [2.05, 4.69) is 19.2 Å². The lowest BCUT2D eigenvalue weighted by Crippen LogP contribution is -2.57. The maximum absolute atomic E-state index is 12.9. The molecule has 1 aliphatic carbocycles. The van der Waals surface area contributed by atoms with Crippen LogP contribution in [0.25, 0.3) is 6.08 Å². The lowest BCUT2D eigenvalue weighted by Gasteiger charge is -2.31. The Balaban J connectivity index is 1.87. The van der Waals surface area contributed by atoms with Crippen LogP contribution in [-0.2, 0) is 9.59 Å². The number of nitrogens with zero attached hydrogens (tertiary/aromatic N) is 1. The summed E-state index contributed by atoms with van der Waals surface area (Å²) in [5, 5.41) is 2.28. The SMILES string of the molecule is COc1cc(/C=C2/C(=O)NC(=O)N(C3CCCC3)C2=O)ccc1OCC(C)C. The third-order valence-electron chi connectivity index (χ3n) is 4.89. The number of benzene rings is 1. The molecule has 1 N–H and O–H groups in total. The van der Waals surface area contributed by atoms with E-state index in [0.29, 0.717) is 29.6 Å². The summed E-state index contributed by atoms with van der Waals surface area (Å²) < 4.78 is 11.1. The van der Waals surface area contributed by atoms with Gasteiger partial charge in [0.25, 0.3) is 11.8 Å². The van der Waals surface area contributed by atoms with Crippen molar-refractivity contribution in [1.82, 2.24) is 10.2 Å². The molecule has 7 heteroatoms. The van der Waals surface area contributed by atoms with Crippen LogP contribution in [-0.4, -0.2) is 42.5 Å². The number of imide groups is 2. The molecule has 1 saturated carbocycles. The van der Waals surface area contributed by atoms with Crippen molar-refractivity contribution in [2.75, 3.05) is 13.7 Å². The predicted molar refractivity (Wildman–Crippen MR) is 104 cm³/mol. The Morgan fingerprint density at radius 2 is 1.89 bits per heavy atom. The number of hydrogen-bond donors (Lipinski definition) is 1. The Morgan fingerprint density at radius 1 is 1.18 bits per heavy atom. The van der Waals surface area contributed by atoms with Gasteiger partial charge in [-0.1, -0.05) is 32.8 Å². The second-order valence-corrected chi connectivity index (χ2v) is 7.55. The molecule has 4 amide bonds. The minimum absolute atomic E-state index is 0.0515. The minimum atomic E-state index is -0.677. The van der Waals surface area contributed by atoms with Crippen LogP contribution in [0.3, 0.4) is 0 Å². The van der Waals surface area contributed by atoms with Crippen molar-refractivity contribution in [3.05, 3.63) is 29.3 Å². The van der Waals surface area contributed by atoms with Crippen LogP contribution in [0.1, 0.15) is 45.1 Å². The summed E-state index contributed by atoms with van der Waals surface area (Å²) in [4.78, 5) is 38.5.